The van der Waals surface area contributed by atoms with Gasteiger partial charge in [-0.05, 0) is 78.6 Å². The fraction of sp³-hybridized carbons (Fsp3) is 0.206. The number of aromatic nitrogens is 3. The number of nitrogens with one attached hydrogen (secondary N) is 1. The van der Waals surface area contributed by atoms with Crippen LogP contribution in [-0.2, 0) is 11.3 Å². The van der Waals surface area contributed by atoms with E-state index in [9.17, 15) is 9.59 Å². The SMILES string of the molecule is COc1ccc([C@H]2CC(c3ccc(Br)cc3)=NN2C(=O)CSc2nnc(CNC(=O)c3ccco3)n2-c2cc(C)ccc2C)cc1. The first-order valence-corrected chi connectivity index (χ1v) is 16.3. The van der Waals surface area contributed by atoms with E-state index in [1.165, 1.54) is 18.0 Å². The van der Waals surface area contributed by atoms with E-state index in [4.69, 9.17) is 14.3 Å². The van der Waals surface area contributed by atoms with Crippen LogP contribution in [0.4, 0.5) is 0 Å². The Morgan fingerprint density at radius 3 is 2.54 bits per heavy atom. The Morgan fingerprint density at radius 1 is 1.04 bits per heavy atom. The first-order valence-electron chi connectivity index (χ1n) is 14.6. The number of ether oxygens (including phenoxy) is 1. The number of aryl methyl sites for hydroxylation is 2. The lowest BCUT2D eigenvalue weighted by Crippen LogP contribution is -2.28. The average Bonchev–Trinajstić information content (AvgIpc) is 3.85. The van der Waals surface area contributed by atoms with E-state index in [1.807, 2.05) is 85.1 Å². The molecule has 3 aromatic carbocycles. The van der Waals surface area contributed by atoms with Crippen molar-refractivity contribution in [3.8, 4) is 11.4 Å². The van der Waals surface area contributed by atoms with Crippen molar-refractivity contribution in [3.05, 3.63) is 123 Å². The summed E-state index contributed by atoms with van der Waals surface area (Å²) in [6, 6.07) is 24.7. The summed E-state index contributed by atoms with van der Waals surface area (Å²) < 4.78 is 13.4. The van der Waals surface area contributed by atoms with Crippen LogP contribution in [0, 0.1) is 13.8 Å². The number of halogens is 1. The van der Waals surface area contributed by atoms with Gasteiger partial charge < -0.3 is 14.5 Å². The molecule has 3 heterocycles. The van der Waals surface area contributed by atoms with Crippen LogP contribution < -0.4 is 10.1 Å². The average molecular weight is 700 g/mol. The van der Waals surface area contributed by atoms with Gasteiger partial charge in [0.2, 0.25) is 0 Å². The van der Waals surface area contributed by atoms with Gasteiger partial charge in [0.1, 0.15) is 5.75 Å². The van der Waals surface area contributed by atoms with E-state index >= 15 is 0 Å². The zero-order chi connectivity index (χ0) is 32.2. The van der Waals surface area contributed by atoms with Crippen LogP contribution in [0.2, 0.25) is 0 Å². The van der Waals surface area contributed by atoms with Gasteiger partial charge >= 0.3 is 0 Å². The minimum Gasteiger partial charge on any atom is -0.497 e. The Morgan fingerprint density at radius 2 is 1.83 bits per heavy atom. The van der Waals surface area contributed by atoms with E-state index in [-0.39, 0.29) is 35.9 Å². The van der Waals surface area contributed by atoms with E-state index in [2.05, 4.69) is 31.4 Å². The first kappa shape index (κ1) is 31.3. The minimum atomic E-state index is -0.358. The second-order valence-corrected chi connectivity index (χ2v) is 12.6. The molecule has 2 aromatic heterocycles. The smallest absolute Gasteiger partial charge is 0.287 e. The number of hydrazone groups is 1. The number of nitrogens with zero attached hydrogens (tertiary/aromatic N) is 5. The highest BCUT2D eigenvalue weighted by Gasteiger charge is 2.33. The fourth-order valence-electron chi connectivity index (χ4n) is 5.20. The monoisotopic (exact) mass is 698 g/mol. The van der Waals surface area contributed by atoms with Crippen LogP contribution in [-0.4, -0.2) is 50.2 Å². The zero-order valence-corrected chi connectivity index (χ0v) is 27.8. The van der Waals surface area contributed by atoms with Gasteiger partial charge in [0.05, 0.1) is 43.1 Å². The molecule has 0 fully saturated rings. The number of thioether (sulfide) groups is 1. The molecule has 6 rings (SSSR count). The van der Waals surface area contributed by atoms with Crippen LogP contribution >= 0.6 is 27.7 Å². The third-order valence-electron chi connectivity index (χ3n) is 7.63. The topological polar surface area (TPSA) is 115 Å². The van der Waals surface area contributed by atoms with E-state index < -0.39 is 0 Å². The van der Waals surface area contributed by atoms with Crippen molar-refractivity contribution in [2.24, 2.45) is 5.10 Å². The summed E-state index contributed by atoms with van der Waals surface area (Å²) in [4.78, 5) is 26.5. The summed E-state index contributed by atoms with van der Waals surface area (Å²) in [5, 5.41) is 18.6. The van der Waals surface area contributed by atoms with Crippen LogP contribution in [0.1, 0.15) is 51.1 Å². The Bertz CT molecular complexity index is 1890. The fourth-order valence-corrected chi connectivity index (χ4v) is 6.28. The highest BCUT2D eigenvalue weighted by Crippen LogP contribution is 2.35. The zero-order valence-electron chi connectivity index (χ0n) is 25.4. The lowest BCUT2D eigenvalue weighted by atomic mass is 9.98. The van der Waals surface area contributed by atoms with Crippen molar-refractivity contribution in [1.82, 2.24) is 25.1 Å². The number of amides is 2. The van der Waals surface area contributed by atoms with Gasteiger partial charge in [-0.1, -0.05) is 64.1 Å². The van der Waals surface area contributed by atoms with Gasteiger partial charge in [-0.3, -0.25) is 14.2 Å². The number of benzene rings is 3. The van der Waals surface area contributed by atoms with Crippen molar-refractivity contribution in [2.45, 2.75) is 38.0 Å². The second kappa shape index (κ2) is 13.8. The first-order chi connectivity index (χ1) is 22.3. The van der Waals surface area contributed by atoms with Gasteiger partial charge in [0, 0.05) is 10.9 Å². The van der Waals surface area contributed by atoms with Crippen LogP contribution in [0.15, 0.2) is 104 Å². The summed E-state index contributed by atoms with van der Waals surface area (Å²) in [6.45, 7) is 4.12. The summed E-state index contributed by atoms with van der Waals surface area (Å²) in [7, 11) is 1.63. The Hall–Kier alpha value is -4.68. The largest absolute Gasteiger partial charge is 0.497 e. The lowest BCUT2D eigenvalue weighted by Gasteiger charge is -2.22. The van der Waals surface area contributed by atoms with Crippen molar-refractivity contribution in [3.63, 3.8) is 0 Å². The Labute approximate surface area is 279 Å². The van der Waals surface area contributed by atoms with E-state index in [0.29, 0.717) is 17.4 Å². The number of hydrogen-bond acceptors (Lipinski definition) is 8. The molecule has 0 radical (unpaired) electrons. The molecule has 2 amide bonds. The number of hydrogen-bond donors (Lipinski definition) is 1. The summed E-state index contributed by atoms with van der Waals surface area (Å²) >= 11 is 4.77. The molecule has 0 saturated heterocycles. The molecule has 0 spiro atoms. The molecule has 0 saturated carbocycles. The normalized spacial score (nSPS) is 14.3. The summed E-state index contributed by atoms with van der Waals surface area (Å²) in [5.74, 6) is 1.02. The molecule has 12 heteroatoms. The van der Waals surface area contributed by atoms with E-state index in [1.54, 1.807) is 24.3 Å². The maximum atomic E-state index is 13.9. The molecule has 1 aliphatic rings. The van der Waals surface area contributed by atoms with Gasteiger partial charge in [0.15, 0.2) is 16.7 Å². The quantitative estimate of drug-likeness (QED) is 0.163. The maximum absolute atomic E-state index is 13.9. The van der Waals surface area contributed by atoms with Crippen molar-refractivity contribution in [2.75, 3.05) is 12.9 Å². The lowest BCUT2D eigenvalue weighted by molar-refractivity contribution is -0.130. The maximum Gasteiger partial charge on any atom is 0.287 e. The van der Waals surface area contributed by atoms with Crippen molar-refractivity contribution >= 4 is 45.2 Å². The van der Waals surface area contributed by atoms with Crippen molar-refractivity contribution < 1.29 is 18.7 Å². The molecule has 0 unspecified atom stereocenters. The number of rotatable bonds is 10. The summed E-state index contributed by atoms with van der Waals surface area (Å²) in [5.41, 5.74) is 5.68. The Kier molecular flexibility index (Phi) is 9.36. The standard InChI is InChI=1S/C34H31BrN6O4S/c1-21-6-7-22(2)28(17-21)40-31(19-36-33(43)30-5-4-16-45-30)37-38-34(40)46-20-32(42)41-29(24-10-14-26(44-3)15-11-24)18-27(39-41)23-8-12-25(35)13-9-23/h4-17,29H,18-20H2,1-3H3,(H,36,43)/t29-/m1/s1. The molecular weight excluding hydrogens is 668 g/mol. The van der Waals surface area contributed by atoms with Gasteiger partial charge in [-0.25, -0.2) is 5.01 Å². The highest BCUT2D eigenvalue weighted by atomic mass is 79.9. The van der Waals surface area contributed by atoms with Crippen LogP contribution in [0.25, 0.3) is 5.69 Å². The molecule has 46 heavy (non-hydrogen) atoms. The van der Waals surface area contributed by atoms with E-state index in [0.717, 1.165) is 43.9 Å². The molecule has 234 valence electrons. The Balaban J connectivity index is 1.27. The van der Waals surface area contributed by atoms with Crippen LogP contribution in [0.3, 0.4) is 0 Å². The molecule has 10 nitrogen and oxygen atoms in total. The molecule has 0 aliphatic carbocycles. The molecule has 1 atom stereocenters. The predicted octanol–water partition coefficient (Wildman–Crippen LogP) is 6.65. The number of carbonyl (C=O) groups excluding carboxylic acids is 2. The summed E-state index contributed by atoms with van der Waals surface area (Å²) in [6.07, 6.45) is 2.02. The molecule has 5 aromatic rings. The molecule has 0 bridgehead atoms. The number of methoxy groups -OCH3 is 1. The number of carbonyl (C=O) groups is 2. The minimum absolute atomic E-state index is 0.0749. The molecule has 1 N–H and O–H groups in total. The molecule has 1 aliphatic heterocycles. The van der Waals surface area contributed by atoms with Crippen molar-refractivity contribution in [1.29, 1.82) is 0 Å². The third kappa shape index (κ3) is 6.77. The van der Waals surface area contributed by atoms with Gasteiger partial charge in [-0.15, -0.1) is 10.2 Å². The van der Waals surface area contributed by atoms with Gasteiger partial charge in [0.25, 0.3) is 11.8 Å². The predicted molar refractivity (Wildman–Crippen MR) is 179 cm³/mol. The second-order valence-electron chi connectivity index (χ2n) is 10.8. The molecular formula is C34H31BrN6O4S. The third-order valence-corrected chi connectivity index (χ3v) is 9.07. The number of furan rings is 1. The van der Waals surface area contributed by atoms with Crippen LogP contribution in [0.5, 0.6) is 5.75 Å². The van der Waals surface area contributed by atoms with Gasteiger partial charge in [-0.2, -0.15) is 5.10 Å². The highest BCUT2D eigenvalue weighted by molar-refractivity contribution is 9.10.